The molecule has 3 rings (SSSR count). The quantitative estimate of drug-likeness (QED) is 0.512. The highest BCUT2D eigenvalue weighted by molar-refractivity contribution is 5.89. The molecule has 10 nitrogen and oxygen atoms in total. The Morgan fingerprint density at radius 1 is 1.55 bits per heavy atom. The number of primary amides is 1. The highest BCUT2D eigenvalue weighted by Gasteiger charge is 2.52. The number of esters is 1. The van der Waals surface area contributed by atoms with Gasteiger partial charge in [0.1, 0.15) is 6.04 Å². The van der Waals surface area contributed by atoms with E-state index in [4.69, 9.17) is 5.73 Å². The van der Waals surface area contributed by atoms with Crippen LogP contribution in [0.4, 0.5) is 9.59 Å². The fourth-order valence-corrected chi connectivity index (χ4v) is 2.63. The molecular formula is C10H11N5O5. The summed E-state index contributed by atoms with van der Waals surface area (Å²) in [6.45, 7) is 0.104. The lowest BCUT2D eigenvalue weighted by Crippen LogP contribution is -2.41. The third kappa shape index (κ3) is 1.36. The molecule has 0 saturated carbocycles. The maximum Gasteiger partial charge on any atom is 0.345 e. The molecule has 0 aliphatic carbocycles. The van der Waals surface area contributed by atoms with Crippen LogP contribution in [0.2, 0.25) is 0 Å². The Hall–Kier alpha value is -2.62. The molecule has 3 heterocycles. The van der Waals surface area contributed by atoms with Gasteiger partial charge in [0.25, 0.3) is 0 Å². The van der Waals surface area contributed by atoms with Crippen LogP contribution in [0.1, 0.15) is 23.3 Å². The Bertz CT molecular complexity index is 626. The number of nitrogens with zero attached hydrogens (tertiary/aromatic N) is 4. The van der Waals surface area contributed by atoms with Gasteiger partial charge < -0.3 is 15.4 Å². The zero-order valence-corrected chi connectivity index (χ0v) is 10.4. The van der Waals surface area contributed by atoms with E-state index in [-0.39, 0.29) is 12.2 Å². The summed E-state index contributed by atoms with van der Waals surface area (Å²) in [5.41, 5.74) is 5.73. The maximum atomic E-state index is 11.9. The van der Waals surface area contributed by atoms with Gasteiger partial charge in [-0.15, -0.1) is 0 Å². The predicted molar refractivity (Wildman–Crippen MR) is 60.4 cm³/mol. The molecule has 3 amide bonds. The lowest BCUT2D eigenvalue weighted by atomic mass is 9.98. The highest BCUT2D eigenvalue weighted by atomic mass is 16.5. The van der Waals surface area contributed by atoms with Crippen LogP contribution in [0.5, 0.6) is 0 Å². The predicted octanol–water partition coefficient (Wildman–Crippen LogP) is -0.794. The number of urea groups is 1. The standard InChI is InChI=1S/C10H11N5O5/c1-20-8(16)7-6-4(2-12-14(6)9(11)17)5-3-13(7)10(18)15(5)19/h2,5,7,19H,3H2,1H3,(H2,11,17)/t5-,7-/m0/s1. The summed E-state index contributed by atoms with van der Waals surface area (Å²) in [7, 11) is 1.16. The molecule has 20 heavy (non-hydrogen) atoms. The normalized spacial score (nSPS) is 23.8. The Labute approximate surface area is 112 Å². The molecule has 0 spiro atoms. The molecule has 1 saturated heterocycles. The van der Waals surface area contributed by atoms with Crippen molar-refractivity contribution in [3.63, 3.8) is 0 Å². The second-order valence-corrected chi connectivity index (χ2v) is 4.46. The van der Waals surface area contributed by atoms with Crippen molar-refractivity contribution >= 4 is 18.0 Å². The minimum atomic E-state index is -1.16. The number of amides is 3. The summed E-state index contributed by atoms with van der Waals surface area (Å²) in [6, 6.07) is -3.48. The van der Waals surface area contributed by atoms with Gasteiger partial charge in [0, 0.05) is 5.56 Å². The maximum absolute atomic E-state index is 11.9. The molecule has 1 aromatic heterocycles. The molecule has 2 aliphatic rings. The number of aromatic nitrogens is 2. The number of ether oxygens (including phenoxy) is 1. The summed E-state index contributed by atoms with van der Waals surface area (Å²) in [5, 5.41) is 14.1. The smallest absolute Gasteiger partial charge is 0.345 e. The first kappa shape index (κ1) is 12.4. The second-order valence-electron chi connectivity index (χ2n) is 4.46. The number of hydrogen-bond acceptors (Lipinski definition) is 6. The van der Waals surface area contributed by atoms with Crippen LogP contribution >= 0.6 is 0 Å². The van der Waals surface area contributed by atoms with E-state index in [0.29, 0.717) is 10.6 Å². The molecule has 2 bridgehead atoms. The van der Waals surface area contributed by atoms with Gasteiger partial charge in [-0.2, -0.15) is 14.8 Å². The molecular weight excluding hydrogens is 270 g/mol. The van der Waals surface area contributed by atoms with E-state index in [9.17, 15) is 19.6 Å². The summed E-state index contributed by atoms with van der Waals surface area (Å²) in [6.07, 6.45) is 1.31. The molecule has 1 aromatic rings. The molecule has 0 radical (unpaired) electrons. The van der Waals surface area contributed by atoms with Gasteiger partial charge >= 0.3 is 18.0 Å². The van der Waals surface area contributed by atoms with Crippen molar-refractivity contribution in [1.29, 1.82) is 0 Å². The first-order valence-electron chi connectivity index (χ1n) is 5.71. The summed E-state index contributed by atoms with van der Waals surface area (Å²) >= 11 is 0. The number of hydroxylamine groups is 2. The van der Waals surface area contributed by atoms with Crippen molar-refractivity contribution in [1.82, 2.24) is 19.7 Å². The topological polar surface area (TPSA) is 131 Å². The van der Waals surface area contributed by atoms with Crippen LogP contribution in [0.25, 0.3) is 0 Å². The van der Waals surface area contributed by atoms with Crippen molar-refractivity contribution < 1.29 is 24.3 Å². The van der Waals surface area contributed by atoms with Crippen molar-refractivity contribution in [2.75, 3.05) is 13.7 Å². The van der Waals surface area contributed by atoms with Crippen LogP contribution in [0.15, 0.2) is 6.20 Å². The Morgan fingerprint density at radius 2 is 2.25 bits per heavy atom. The largest absolute Gasteiger partial charge is 0.467 e. The van der Waals surface area contributed by atoms with Gasteiger partial charge in [-0.3, -0.25) is 5.21 Å². The fraction of sp³-hybridized carbons (Fsp3) is 0.400. The Morgan fingerprint density at radius 3 is 2.85 bits per heavy atom. The van der Waals surface area contributed by atoms with Gasteiger partial charge in [-0.1, -0.05) is 0 Å². The van der Waals surface area contributed by atoms with E-state index < -0.39 is 30.1 Å². The number of methoxy groups -OCH3 is 1. The Kier molecular flexibility index (Phi) is 2.44. The summed E-state index contributed by atoms with van der Waals surface area (Å²) in [5.74, 6) is -0.739. The third-order valence-electron chi connectivity index (χ3n) is 3.51. The molecule has 0 unspecified atom stereocenters. The molecule has 1 fully saturated rings. The molecule has 10 heteroatoms. The van der Waals surface area contributed by atoms with Crippen molar-refractivity contribution in [2.45, 2.75) is 12.1 Å². The summed E-state index contributed by atoms with van der Waals surface area (Å²) in [4.78, 5) is 36.3. The lowest BCUT2D eigenvalue weighted by molar-refractivity contribution is -0.146. The first-order chi connectivity index (χ1) is 9.47. The number of carbonyl (C=O) groups excluding carboxylic acids is 3. The number of rotatable bonds is 1. The SMILES string of the molecule is COC(=O)[C@@H]1c2c(cnn2C(N)=O)[C@@H]2CN1C(=O)N2O. The molecule has 106 valence electrons. The molecule has 2 atom stereocenters. The zero-order chi connectivity index (χ0) is 14.6. The van der Waals surface area contributed by atoms with Gasteiger partial charge in [-0.05, 0) is 0 Å². The van der Waals surface area contributed by atoms with E-state index in [2.05, 4.69) is 9.84 Å². The van der Waals surface area contributed by atoms with E-state index in [0.717, 1.165) is 16.7 Å². The minimum absolute atomic E-state index is 0.104. The average molecular weight is 281 g/mol. The summed E-state index contributed by atoms with van der Waals surface area (Å²) < 4.78 is 5.49. The molecule has 2 aliphatic heterocycles. The highest BCUT2D eigenvalue weighted by Crippen LogP contribution is 2.43. The van der Waals surface area contributed by atoms with E-state index in [1.54, 1.807) is 0 Å². The van der Waals surface area contributed by atoms with Crippen molar-refractivity contribution in [2.24, 2.45) is 5.73 Å². The number of carbonyl (C=O) groups is 3. The lowest BCUT2D eigenvalue weighted by Gasteiger charge is -2.28. The average Bonchev–Trinajstić information content (AvgIpc) is 2.96. The van der Waals surface area contributed by atoms with Gasteiger partial charge in [0.05, 0.1) is 25.5 Å². The van der Waals surface area contributed by atoms with Crippen molar-refractivity contribution in [3.05, 3.63) is 17.5 Å². The van der Waals surface area contributed by atoms with Crippen LogP contribution < -0.4 is 5.73 Å². The zero-order valence-electron chi connectivity index (χ0n) is 10.4. The number of hydrogen-bond donors (Lipinski definition) is 2. The monoisotopic (exact) mass is 281 g/mol. The molecule has 3 N–H and O–H groups in total. The molecule has 0 aromatic carbocycles. The van der Waals surface area contributed by atoms with Crippen molar-refractivity contribution in [3.8, 4) is 0 Å². The van der Waals surface area contributed by atoms with Crippen LogP contribution in [0, 0.1) is 0 Å². The van der Waals surface area contributed by atoms with E-state index >= 15 is 0 Å². The number of fused-ring (bicyclic) bond motifs is 4. The number of nitrogens with two attached hydrogens (primary N) is 1. The second kappa shape index (κ2) is 3.93. The third-order valence-corrected chi connectivity index (χ3v) is 3.51. The van der Waals surface area contributed by atoms with E-state index in [1.165, 1.54) is 6.20 Å². The Balaban J connectivity index is 2.22. The van der Waals surface area contributed by atoms with Gasteiger partial charge in [0.15, 0.2) is 6.04 Å². The first-order valence-corrected chi connectivity index (χ1v) is 5.71. The fourth-order valence-electron chi connectivity index (χ4n) is 2.63. The van der Waals surface area contributed by atoms with Gasteiger partial charge in [0.2, 0.25) is 0 Å². The van der Waals surface area contributed by atoms with Gasteiger partial charge in [-0.25, -0.2) is 14.4 Å². The minimum Gasteiger partial charge on any atom is -0.467 e. The van der Waals surface area contributed by atoms with Crippen LogP contribution in [0.3, 0.4) is 0 Å². The van der Waals surface area contributed by atoms with Crippen LogP contribution in [-0.2, 0) is 9.53 Å². The van der Waals surface area contributed by atoms with Crippen LogP contribution in [-0.4, -0.2) is 56.6 Å². The van der Waals surface area contributed by atoms with E-state index in [1.807, 2.05) is 0 Å².